The smallest absolute Gasteiger partial charge is 1.00 e. The molecule has 0 unspecified atom stereocenters. The topological polar surface area (TPSA) is 59.3 Å². The molecule has 1 aromatic heterocycles. The zero-order valence-corrected chi connectivity index (χ0v) is 13.2. The molecular weight excluding hydrogens is 253 g/mol. The van der Waals surface area contributed by atoms with E-state index < -0.39 is 11.4 Å². The van der Waals surface area contributed by atoms with Gasteiger partial charge in [-0.2, -0.15) is 0 Å². The minimum atomic E-state index is -1.19. The van der Waals surface area contributed by atoms with Crippen LogP contribution in [-0.4, -0.2) is 15.6 Å². The molecule has 0 bridgehead atoms. The normalized spacial score (nSPS) is 9.79. The Bertz CT molecular complexity index is 668. The zero-order valence-electron chi connectivity index (χ0n) is 12.2. The third-order valence-corrected chi connectivity index (χ3v) is 3.02. The standard InChI is InChI=1S/C14H13NO3.Na.H/c1-9-13(14(17)18)12(16)8-11(15(9)2)10-6-4-3-5-7-10;;/h3-8H,1-2H3,(H,17,18);;/q;+1;-1. The molecule has 1 N–H and O–H groups in total. The van der Waals surface area contributed by atoms with E-state index in [1.54, 1.807) is 18.5 Å². The monoisotopic (exact) mass is 267 g/mol. The van der Waals surface area contributed by atoms with Gasteiger partial charge in [-0.1, -0.05) is 30.3 Å². The van der Waals surface area contributed by atoms with E-state index in [4.69, 9.17) is 5.11 Å². The van der Waals surface area contributed by atoms with Gasteiger partial charge in [0.05, 0.1) is 5.69 Å². The van der Waals surface area contributed by atoms with Crippen LogP contribution in [0.5, 0.6) is 0 Å². The van der Waals surface area contributed by atoms with Gasteiger partial charge >= 0.3 is 35.5 Å². The molecule has 1 heterocycles. The molecule has 19 heavy (non-hydrogen) atoms. The minimum absolute atomic E-state index is 0. The van der Waals surface area contributed by atoms with Crippen LogP contribution in [0.2, 0.25) is 0 Å². The van der Waals surface area contributed by atoms with Gasteiger partial charge in [-0.05, 0) is 12.5 Å². The summed E-state index contributed by atoms with van der Waals surface area (Å²) >= 11 is 0. The van der Waals surface area contributed by atoms with E-state index in [1.165, 1.54) is 6.07 Å². The van der Waals surface area contributed by atoms with Gasteiger partial charge in [-0.3, -0.25) is 4.79 Å². The van der Waals surface area contributed by atoms with Crippen molar-refractivity contribution in [2.45, 2.75) is 6.92 Å². The summed E-state index contributed by atoms with van der Waals surface area (Å²) in [7, 11) is 1.75. The van der Waals surface area contributed by atoms with E-state index in [-0.39, 0.29) is 36.5 Å². The van der Waals surface area contributed by atoms with Crippen molar-refractivity contribution in [3.05, 3.63) is 57.9 Å². The fourth-order valence-electron chi connectivity index (χ4n) is 1.97. The van der Waals surface area contributed by atoms with E-state index in [0.29, 0.717) is 11.4 Å². The van der Waals surface area contributed by atoms with Gasteiger partial charge in [0.25, 0.3) is 0 Å². The molecule has 0 aliphatic carbocycles. The van der Waals surface area contributed by atoms with Crippen LogP contribution in [0.25, 0.3) is 11.3 Å². The average Bonchev–Trinajstić information content (AvgIpc) is 2.34. The van der Waals surface area contributed by atoms with Crippen LogP contribution in [0, 0.1) is 6.92 Å². The summed E-state index contributed by atoms with van der Waals surface area (Å²) in [5.41, 5.74) is 1.42. The first-order chi connectivity index (χ1) is 8.52. The van der Waals surface area contributed by atoms with Crippen LogP contribution in [0.1, 0.15) is 17.5 Å². The van der Waals surface area contributed by atoms with Crippen molar-refractivity contribution >= 4 is 5.97 Å². The van der Waals surface area contributed by atoms with Crippen LogP contribution in [0.15, 0.2) is 41.2 Å². The van der Waals surface area contributed by atoms with Gasteiger partial charge in [0.2, 0.25) is 0 Å². The van der Waals surface area contributed by atoms with Crippen molar-refractivity contribution < 1.29 is 40.9 Å². The van der Waals surface area contributed by atoms with Crippen molar-refractivity contribution in [3.8, 4) is 11.3 Å². The molecule has 0 aliphatic rings. The molecule has 0 fully saturated rings. The van der Waals surface area contributed by atoms with E-state index in [2.05, 4.69) is 0 Å². The number of aromatic nitrogens is 1. The molecule has 0 spiro atoms. The molecule has 2 aromatic rings. The average molecular weight is 267 g/mol. The van der Waals surface area contributed by atoms with Gasteiger partial charge in [-0.15, -0.1) is 0 Å². The largest absolute Gasteiger partial charge is 1.00 e. The molecule has 0 saturated carbocycles. The summed E-state index contributed by atoms with van der Waals surface area (Å²) in [5, 5.41) is 9.02. The number of carbonyl (C=O) groups is 1. The molecule has 0 radical (unpaired) electrons. The van der Waals surface area contributed by atoms with Crippen LogP contribution >= 0.6 is 0 Å². The Hall–Kier alpha value is -1.36. The van der Waals surface area contributed by atoms with Gasteiger partial charge < -0.3 is 11.1 Å². The predicted octanol–water partition coefficient (Wildman–Crippen LogP) is -0.825. The number of rotatable bonds is 2. The SMILES string of the molecule is Cc1c(C(=O)O)c(=O)cc(-c2ccccc2)n1C.[H-].[Na+]. The first-order valence-corrected chi connectivity index (χ1v) is 5.51. The summed E-state index contributed by atoms with van der Waals surface area (Å²) in [6.07, 6.45) is 0. The quantitative estimate of drug-likeness (QED) is 0.723. The van der Waals surface area contributed by atoms with Crippen LogP contribution in [0.3, 0.4) is 0 Å². The van der Waals surface area contributed by atoms with Gasteiger partial charge in [0.1, 0.15) is 5.56 Å². The molecule has 4 nitrogen and oxygen atoms in total. The first kappa shape index (κ1) is 15.7. The zero-order chi connectivity index (χ0) is 13.3. The fraction of sp³-hybridized carbons (Fsp3) is 0.143. The van der Waals surface area contributed by atoms with Crippen molar-refractivity contribution in [1.82, 2.24) is 4.57 Å². The number of hydrogen-bond acceptors (Lipinski definition) is 2. The number of carboxylic acid groups (broad SMARTS) is 1. The number of aromatic carboxylic acids is 1. The molecular formula is C14H14NNaO3. The number of hydrogen-bond donors (Lipinski definition) is 1. The maximum Gasteiger partial charge on any atom is 1.00 e. The number of pyridine rings is 1. The predicted molar refractivity (Wildman–Crippen MR) is 69.9 cm³/mol. The Morgan fingerprint density at radius 1 is 1.26 bits per heavy atom. The molecule has 0 aliphatic heterocycles. The third-order valence-electron chi connectivity index (χ3n) is 3.02. The summed E-state index contributed by atoms with van der Waals surface area (Å²) in [4.78, 5) is 22.9. The first-order valence-electron chi connectivity index (χ1n) is 5.51. The van der Waals surface area contributed by atoms with E-state index in [9.17, 15) is 9.59 Å². The Balaban J connectivity index is 0.00000180. The Kier molecular flexibility index (Phi) is 5.11. The molecule has 5 heteroatoms. The van der Waals surface area contributed by atoms with Crippen molar-refractivity contribution in [2.24, 2.45) is 7.05 Å². The molecule has 2 rings (SSSR count). The summed E-state index contributed by atoms with van der Waals surface area (Å²) in [5.74, 6) is -1.19. The Morgan fingerprint density at radius 3 is 2.37 bits per heavy atom. The van der Waals surface area contributed by atoms with Crippen LogP contribution in [0.4, 0.5) is 0 Å². The molecule has 0 saturated heterocycles. The maximum absolute atomic E-state index is 11.8. The summed E-state index contributed by atoms with van der Waals surface area (Å²) in [6, 6.07) is 10.8. The second-order valence-corrected chi connectivity index (χ2v) is 4.08. The van der Waals surface area contributed by atoms with E-state index >= 15 is 0 Å². The van der Waals surface area contributed by atoms with E-state index in [1.807, 2.05) is 30.3 Å². The number of benzene rings is 1. The van der Waals surface area contributed by atoms with Crippen molar-refractivity contribution in [2.75, 3.05) is 0 Å². The molecule has 0 amide bonds. The molecule has 94 valence electrons. The van der Waals surface area contributed by atoms with Crippen LogP contribution in [-0.2, 0) is 7.05 Å². The maximum atomic E-state index is 11.8. The van der Waals surface area contributed by atoms with Crippen molar-refractivity contribution in [1.29, 1.82) is 0 Å². The Labute approximate surface area is 134 Å². The van der Waals surface area contributed by atoms with Gasteiger partial charge in [0, 0.05) is 18.8 Å². The molecule has 1 aromatic carbocycles. The summed E-state index contributed by atoms with van der Waals surface area (Å²) < 4.78 is 1.72. The van der Waals surface area contributed by atoms with Crippen molar-refractivity contribution in [3.63, 3.8) is 0 Å². The van der Waals surface area contributed by atoms with E-state index in [0.717, 1.165) is 5.56 Å². The fourth-order valence-corrected chi connectivity index (χ4v) is 1.97. The summed E-state index contributed by atoms with van der Waals surface area (Å²) in [6.45, 7) is 1.64. The Morgan fingerprint density at radius 2 is 1.84 bits per heavy atom. The molecule has 0 atom stereocenters. The third kappa shape index (κ3) is 2.97. The minimum Gasteiger partial charge on any atom is -1.00 e. The number of carboxylic acids is 1. The second kappa shape index (κ2) is 6.19. The second-order valence-electron chi connectivity index (χ2n) is 4.08. The van der Waals surface area contributed by atoms with Gasteiger partial charge in [0.15, 0.2) is 5.43 Å². The van der Waals surface area contributed by atoms with Gasteiger partial charge in [-0.25, -0.2) is 4.79 Å². The van der Waals surface area contributed by atoms with Crippen LogP contribution < -0.4 is 35.0 Å². The number of nitrogens with zero attached hydrogens (tertiary/aromatic N) is 1.